The second-order valence-corrected chi connectivity index (χ2v) is 12.3. The van der Waals surface area contributed by atoms with Crippen LogP contribution in [-0.2, 0) is 6.42 Å². The van der Waals surface area contributed by atoms with Crippen LogP contribution in [0.25, 0.3) is 82.3 Å². The minimum atomic E-state index is 0.883. The van der Waals surface area contributed by atoms with Gasteiger partial charge in [-0.1, -0.05) is 115 Å². The van der Waals surface area contributed by atoms with Gasteiger partial charge in [-0.3, -0.25) is 4.98 Å². The number of aromatic nitrogens is 2. The van der Waals surface area contributed by atoms with E-state index in [1.54, 1.807) is 0 Å². The molecule has 0 saturated heterocycles. The van der Waals surface area contributed by atoms with E-state index in [0.717, 1.165) is 45.9 Å². The molecule has 0 amide bonds. The lowest BCUT2D eigenvalue weighted by atomic mass is 9.96. The molecule has 8 aromatic rings. The average molecular weight is 567 g/mol. The summed E-state index contributed by atoms with van der Waals surface area (Å²) in [5.74, 6) is 0. The Morgan fingerprint density at radius 2 is 1.23 bits per heavy atom. The first-order valence-electron chi connectivity index (χ1n) is 14.8. The van der Waals surface area contributed by atoms with Crippen molar-refractivity contribution in [1.29, 1.82) is 0 Å². The normalized spacial score (nSPS) is 12.8. The summed E-state index contributed by atoms with van der Waals surface area (Å²) in [5, 5.41) is 6.11. The van der Waals surface area contributed by atoms with E-state index >= 15 is 0 Å². The Morgan fingerprint density at radius 3 is 2.05 bits per heavy atom. The molecule has 2 heterocycles. The van der Waals surface area contributed by atoms with Crippen LogP contribution in [-0.4, -0.2) is 9.97 Å². The van der Waals surface area contributed by atoms with Crippen molar-refractivity contribution in [2.24, 2.45) is 0 Å². The summed E-state index contributed by atoms with van der Waals surface area (Å²) in [6, 6.07) is 41.4. The Hall–Kier alpha value is -5.12. The number of rotatable bonds is 3. The monoisotopic (exact) mass is 566 g/mol. The standard InChI is InChI=1S/C40H26N2S/c1-3-14-33-30(11-1)31-12-2-4-15-34(31)39-38(33)41-24-36(42-39)28-10-7-9-27(23-28)25-19-21-26(22-20-25)29-16-8-17-35-32-13-5-6-18-37(32)43-40(29)35/h1-4,6-12,14-24H,5,13H2. The van der Waals surface area contributed by atoms with Gasteiger partial charge in [-0.05, 0) is 69.0 Å². The summed E-state index contributed by atoms with van der Waals surface area (Å²) in [7, 11) is 0. The van der Waals surface area contributed by atoms with Gasteiger partial charge < -0.3 is 0 Å². The van der Waals surface area contributed by atoms with Gasteiger partial charge in [0.2, 0.25) is 0 Å². The second-order valence-electron chi connectivity index (χ2n) is 11.3. The fourth-order valence-corrected chi connectivity index (χ4v) is 8.01. The van der Waals surface area contributed by atoms with Crippen molar-refractivity contribution in [3.05, 3.63) is 138 Å². The lowest BCUT2D eigenvalue weighted by Crippen LogP contribution is -1.92. The third kappa shape index (κ3) is 3.93. The predicted octanol–water partition coefficient (Wildman–Crippen LogP) is 11.1. The predicted molar refractivity (Wildman–Crippen MR) is 184 cm³/mol. The van der Waals surface area contributed by atoms with Crippen molar-refractivity contribution in [1.82, 2.24) is 9.97 Å². The summed E-state index contributed by atoms with van der Waals surface area (Å²) in [4.78, 5) is 11.6. The van der Waals surface area contributed by atoms with Gasteiger partial charge in [0.15, 0.2) is 0 Å². The number of thiophene rings is 1. The van der Waals surface area contributed by atoms with Crippen LogP contribution in [0.4, 0.5) is 0 Å². The average Bonchev–Trinajstić information content (AvgIpc) is 3.47. The topological polar surface area (TPSA) is 25.8 Å². The fraction of sp³-hybridized carbons (Fsp3) is 0.0500. The first-order valence-corrected chi connectivity index (χ1v) is 15.6. The summed E-state index contributed by atoms with van der Waals surface area (Å²) >= 11 is 1.92. The lowest BCUT2D eigenvalue weighted by Gasteiger charge is -2.11. The first kappa shape index (κ1) is 24.5. The van der Waals surface area contributed by atoms with Gasteiger partial charge in [-0.25, -0.2) is 4.98 Å². The molecular formula is C40H26N2S. The van der Waals surface area contributed by atoms with Gasteiger partial charge >= 0.3 is 0 Å². The SMILES string of the molecule is C1=Cc2sc3c(-c4ccc(-c5cccc(-c6cnc7c8ccccc8c8ccccc8c7n6)c5)cc4)cccc3c2CC1. The zero-order valence-electron chi connectivity index (χ0n) is 23.4. The van der Waals surface area contributed by atoms with Gasteiger partial charge in [0.05, 0.1) is 22.9 Å². The number of benzene rings is 6. The van der Waals surface area contributed by atoms with Crippen LogP contribution in [0, 0.1) is 0 Å². The van der Waals surface area contributed by atoms with Gasteiger partial charge in [-0.15, -0.1) is 11.3 Å². The van der Waals surface area contributed by atoms with E-state index in [1.165, 1.54) is 53.6 Å². The lowest BCUT2D eigenvalue weighted by molar-refractivity contribution is 1.01. The highest BCUT2D eigenvalue weighted by atomic mass is 32.1. The van der Waals surface area contributed by atoms with Crippen LogP contribution in [0.3, 0.4) is 0 Å². The molecule has 43 heavy (non-hydrogen) atoms. The van der Waals surface area contributed by atoms with E-state index in [-0.39, 0.29) is 0 Å². The third-order valence-corrected chi connectivity index (χ3v) is 10.0. The molecule has 0 N–H and O–H groups in total. The highest BCUT2D eigenvalue weighted by molar-refractivity contribution is 7.20. The van der Waals surface area contributed by atoms with Crippen LogP contribution < -0.4 is 0 Å². The van der Waals surface area contributed by atoms with E-state index in [0.29, 0.717) is 0 Å². The number of hydrogen-bond donors (Lipinski definition) is 0. The van der Waals surface area contributed by atoms with Crippen molar-refractivity contribution < 1.29 is 0 Å². The van der Waals surface area contributed by atoms with Gasteiger partial charge in [0.25, 0.3) is 0 Å². The molecule has 0 bridgehead atoms. The number of nitrogens with zero attached hydrogens (tertiary/aromatic N) is 2. The zero-order valence-corrected chi connectivity index (χ0v) is 24.2. The maximum absolute atomic E-state index is 5.20. The third-order valence-electron chi connectivity index (χ3n) is 8.79. The van der Waals surface area contributed by atoms with Crippen molar-refractivity contribution >= 4 is 60.1 Å². The second kappa shape index (κ2) is 9.72. The van der Waals surface area contributed by atoms with E-state index in [1.807, 2.05) is 17.5 Å². The molecule has 0 spiro atoms. The van der Waals surface area contributed by atoms with Crippen LogP contribution in [0.2, 0.25) is 0 Å². The molecule has 0 aliphatic heterocycles. The Labute approximate surface area is 253 Å². The van der Waals surface area contributed by atoms with E-state index < -0.39 is 0 Å². The number of allylic oxidation sites excluding steroid dienone is 1. The highest BCUT2D eigenvalue weighted by Gasteiger charge is 2.16. The maximum Gasteiger partial charge on any atom is 0.0979 e. The summed E-state index contributed by atoms with van der Waals surface area (Å²) < 4.78 is 1.39. The van der Waals surface area contributed by atoms with Crippen molar-refractivity contribution in [3.63, 3.8) is 0 Å². The summed E-state index contributed by atoms with van der Waals surface area (Å²) in [6.07, 6.45) is 8.79. The Bertz CT molecular complexity index is 2360. The Kier molecular flexibility index (Phi) is 5.53. The molecule has 1 aliphatic rings. The first-order chi connectivity index (χ1) is 21.3. The van der Waals surface area contributed by atoms with Crippen LogP contribution >= 0.6 is 11.3 Å². The Morgan fingerprint density at radius 1 is 0.558 bits per heavy atom. The molecule has 3 heteroatoms. The van der Waals surface area contributed by atoms with Crippen molar-refractivity contribution in [2.75, 3.05) is 0 Å². The summed E-state index contributed by atoms with van der Waals surface area (Å²) in [6.45, 7) is 0. The molecule has 6 aromatic carbocycles. The van der Waals surface area contributed by atoms with Crippen LogP contribution in [0.1, 0.15) is 16.9 Å². The van der Waals surface area contributed by atoms with E-state index in [9.17, 15) is 0 Å². The highest BCUT2D eigenvalue weighted by Crippen LogP contribution is 2.41. The van der Waals surface area contributed by atoms with Gasteiger partial charge in [-0.2, -0.15) is 0 Å². The minimum absolute atomic E-state index is 0.883. The molecule has 2 aromatic heterocycles. The van der Waals surface area contributed by atoms with Crippen LogP contribution in [0.5, 0.6) is 0 Å². The smallest absolute Gasteiger partial charge is 0.0979 e. The molecule has 0 saturated carbocycles. The quantitative estimate of drug-likeness (QED) is 0.199. The van der Waals surface area contributed by atoms with E-state index in [2.05, 4.69) is 127 Å². The van der Waals surface area contributed by atoms with Crippen LogP contribution in [0.15, 0.2) is 128 Å². The maximum atomic E-state index is 5.20. The molecule has 0 fully saturated rings. The molecule has 1 aliphatic carbocycles. The fourth-order valence-electron chi connectivity index (χ4n) is 6.69. The molecule has 9 rings (SSSR count). The van der Waals surface area contributed by atoms with Gasteiger partial charge in [0, 0.05) is 25.9 Å². The molecule has 0 atom stereocenters. The number of hydrogen-bond acceptors (Lipinski definition) is 3. The van der Waals surface area contributed by atoms with Crippen molar-refractivity contribution in [3.8, 4) is 33.5 Å². The van der Waals surface area contributed by atoms with E-state index in [4.69, 9.17) is 9.97 Å². The van der Waals surface area contributed by atoms with Crippen molar-refractivity contribution in [2.45, 2.75) is 12.8 Å². The Balaban J connectivity index is 1.11. The molecular weight excluding hydrogens is 541 g/mol. The molecule has 202 valence electrons. The molecule has 0 radical (unpaired) electrons. The number of fused-ring (bicyclic) bond motifs is 9. The summed E-state index contributed by atoms with van der Waals surface area (Å²) in [5.41, 5.74) is 10.3. The largest absolute Gasteiger partial charge is 0.252 e. The number of aryl methyl sites for hydroxylation is 1. The van der Waals surface area contributed by atoms with Gasteiger partial charge in [0.1, 0.15) is 0 Å². The minimum Gasteiger partial charge on any atom is -0.252 e. The molecule has 2 nitrogen and oxygen atoms in total. The molecule has 0 unspecified atom stereocenters. The zero-order chi connectivity index (χ0) is 28.3.